The molecule has 0 radical (unpaired) electrons. The van der Waals surface area contributed by atoms with Crippen molar-refractivity contribution in [3.05, 3.63) is 48.8 Å². The van der Waals surface area contributed by atoms with Crippen LogP contribution in [0.15, 0.2) is 53.7 Å². The lowest BCUT2D eigenvalue weighted by Crippen LogP contribution is -2.44. The van der Waals surface area contributed by atoms with E-state index in [1.165, 1.54) is 0 Å². The molecule has 1 aromatic carbocycles. The Morgan fingerprint density at radius 1 is 1.08 bits per heavy atom. The number of sulfonamides is 1. The Morgan fingerprint density at radius 3 is 2.33 bits per heavy atom. The number of pyridine rings is 1. The molecule has 5 nitrogen and oxygen atoms in total. The van der Waals surface area contributed by atoms with Gasteiger partial charge in [-0.2, -0.15) is 4.31 Å². The summed E-state index contributed by atoms with van der Waals surface area (Å²) < 4.78 is 27.3. The fourth-order valence-electron chi connectivity index (χ4n) is 3.07. The maximum Gasteiger partial charge on any atom is 0.243 e. The molecule has 1 aromatic heterocycles. The summed E-state index contributed by atoms with van der Waals surface area (Å²) in [6, 6.07) is 10.9. The lowest BCUT2D eigenvalue weighted by molar-refractivity contribution is 0.197. The molecule has 0 spiro atoms. The van der Waals surface area contributed by atoms with Gasteiger partial charge in [-0.05, 0) is 62.3 Å². The van der Waals surface area contributed by atoms with Crippen molar-refractivity contribution >= 4 is 10.0 Å². The average molecular weight is 345 g/mol. The van der Waals surface area contributed by atoms with Crippen molar-refractivity contribution in [2.24, 2.45) is 0 Å². The van der Waals surface area contributed by atoms with Gasteiger partial charge in [-0.25, -0.2) is 8.42 Å². The van der Waals surface area contributed by atoms with E-state index in [1.54, 1.807) is 35.9 Å². The van der Waals surface area contributed by atoms with Gasteiger partial charge in [-0.15, -0.1) is 0 Å². The van der Waals surface area contributed by atoms with E-state index in [0.29, 0.717) is 4.90 Å². The molecule has 128 valence electrons. The largest absolute Gasteiger partial charge is 0.306 e. The molecule has 2 aromatic rings. The molecule has 1 aliphatic rings. The lowest BCUT2D eigenvalue weighted by atomic mass is 10.1. The minimum atomic E-state index is -3.46. The number of aromatic nitrogens is 1. The summed E-state index contributed by atoms with van der Waals surface area (Å²) >= 11 is 0. The summed E-state index contributed by atoms with van der Waals surface area (Å²) in [5, 5.41) is 0. The van der Waals surface area contributed by atoms with Gasteiger partial charge in [0.2, 0.25) is 10.0 Å². The van der Waals surface area contributed by atoms with Crippen molar-refractivity contribution in [3.63, 3.8) is 0 Å². The molecule has 1 saturated heterocycles. The van der Waals surface area contributed by atoms with Crippen LogP contribution in [0.2, 0.25) is 0 Å². The first kappa shape index (κ1) is 17.1. The van der Waals surface area contributed by atoms with E-state index >= 15 is 0 Å². The molecule has 1 fully saturated rings. The second-order valence-electron chi connectivity index (χ2n) is 6.32. The first-order valence-corrected chi connectivity index (χ1v) is 9.59. The minimum Gasteiger partial charge on any atom is -0.306 e. The number of nitrogens with zero attached hydrogens (tertiary/aromatic N) is 3. The van der Waals surface area contributed by atoms with Gasteiger partial charge in [0.1, 0.15) is 0 Å². The fourth-order valence-corrected chi connectivity index (χ4v) is 4.49. The van der Waals surface area contributed by atoms with Crippen molar-refractivity contribution in [2.75, 3.05) is 27.2 Å². The zero-order chi connectivity index (χ0) is 17.2. The van der Waals surface area contributed by atoms with Gasteiger partial charge in [-0.1, -0.05) is 18.2 Å². The summed E-state index contributed by atoms with van der Waals surface area (Å²) in [5.74, 6) is 0. The highest BCUT2D eigenvalue weighted by Crippen LogP contribution is 2.25. The monoisotopic (exact) mass is 345 g/mol. The maximum atomic E-state index is 12.9. The standard InChI is InChI=1S/C18H23N3O2S/c1-20-12-9-17(10-13-20)21(2)24(22,23)18-7-5-15(6-8-18)16-4-3-11-19-14-16/h3-8,11,14,17H,9-10,12-13H2,1-2H3. The van der Waals surface area contributed by atoms with Crippen LogP contribution >= 0.6 is 0 Å². The third kappa shape index (κ3) is 3.50. The topological polar surface area (TPSA) is 53.5 Å². The summed E-state index contributed by atoms with van der Waals surface area (Å²) in [4.78, 5) is 6.68. The smallest absolute Gasteiger partial charge is 0.243 e. The van der Waals surface area contributed by atoms with Crippen LogP contribution in [-0.2, 0) is 10.0 Å². The van der Waals surface area contributed by atoms with Gasteiger partial charge in [0.15, 0.2) is 0 Å². The third-order valence-corrected chi connectivity index (χ3v) is 6.65. The molecular formula is C18H23N3O2S. The molecule has 0 bridgehead atoms. The van der Waals surface area contributed by atoms with E-state index in [0.717, 1.165) is 37.1 Å². The molecule has 3 rings (SSSR count). The van der Waals surface area contributed by atoms with Crippen LogP contribution < -0.4 is 0 Å². The Hall–Kier alpha value is -1.76. The summed E-state index contributed by atoms with van der Waals surface area (Å²) in [6.07, 6.45) is 5.24. The normalized spacial score (nSPS) is 17.3. The summed E-state index contributed by atoms with van der Waals surface area (Å²) in [6.45, 7) is 1.87. The van der Waals surface area contributed by atoms with Gasteiger partial charge in [-0.3, -0.25) is 4.98 Å². The Bertz CT molecular complexity index is 768. The number of piperidine rings is 1. The summed E-state index contributed by atoms with van der Waals surface area (Å²) in [7, 11) is 0.310. The molecule has 1 aliphatic heterocycles. The van der Waals surface area contributed by atoms with E-state index in [-0.39, 0.29) is 6.04 Å². The number of hydrogen-bond acceptors (Lipinski definition) is 4. The molecule has 0 atom stereocenters. The Balaban J connectivity index is 1.79. The van der Waals surface area contributed by atoms with E-state index in [4.69, 9.17) is 0 Å². The van der Waals surface area contributed by atoms with Gasteiger partial charge in [0.25, 0.3) is 0 Å². The molecule has 0 amide bonds. The number of benzene rings is 1. The molecule has 24 heavy (non-hydrogen) atoms. The number of likely N-dealkylation sites (tertiary alicyclic amines) is 1. The van der Waals surface area contributed by atoms with E-state index in [9.17, 15) is 8.42 Å². The fraction of sp³-hybridized carbons (Fsp3) is 0.389. The predicted molar refractivity (Wildman–Crippen MR) is 95.1 cm³/mol. The molecular weight excluding hydrogens is 322 g/mol. The average Bonchev–Trinajstić information content (AvgIpc) is 2.62. The predicted octanol–water partition coefficient (Wildman–Crippen LogP) is 2.46. The maximum absolute atomic E-state index is 12.9. The van der Waals surface area contributed by atoms with Crippen molar-refractivity contribution in [2.45, 2.75) is 23.8 Å². The van der Waals surface area contributed by atoms with E-state index < -0.39 is 10.0 Å². The van der Waals surface area contributed by atoms with Gasteiger partial charge < -0.3 is 4.90 Å². The molecule has 0 saturated carbocycles. The third-order valence-electron chi connectivity index (χ3n) is 4.73. The van der Waals surface area contributed by atoms with E-state index in [1.807, 2.05) is 24.3 Å². The van der Waals surface area contributed by atoms with Crippen LogP contribution in [-0.4, -0.2) is 55.8 Å². The lowest BCUT2D eigenvalue weighted by Gasteiger charge is -2.34. The minimum absolute atomic E-state index is 0.0733. The summed E-state index contributed by atoms with van der Waals surface area (Å²) in [5.41, 5.74) is 1.94. The van der Waals surface area contributed by atoms with Gasteiger partial charge in [0, 0.05) is 25.5 Å². The van der Waals surface area contributed by atoms with Crippen molar-refractivity contribution < 1.29 is 8.42 Å². The van der Waals surface area contributed by atoms with Crippen LogP contribution in [0.3, 0.4) is 0 Å². The molecule has 2 heterocycles. The van der Waals surface area contributed by atoms with Crippen LogP contribution in [0, 0.1) is 0 Å². The van der Waals surface area contributed by atoms with Gasteiger partial charge in [0.05, 0.1) is 4.90 Å². The molecule has 6 heteroatoms. The highest BCUT2D eigenvalue weighted by Gasteiger charge is 2.30. The zero-order valence-electron chi connectivity index (χ0n) is 14.1. The second kappa shape index (κ2) is 7.01. The highest BCUT2D eigenvalue weighted by atomic mass is 32.2. The number of rotatable bonds is 4. The SMILES string of the molecule is CN1CCC(N(C)S(=O)(=O)c2ccc(-c3cccnc3)cc2)CC1. The second-order valence-corrected chi connectivity index (χ2v) is 8.32. The first-order valence-electron chi connectivity index (χ1n) is 8.15. The van der Waals surface area contributed by atoms with E-state index in [2.05, 4.69) is 16.9 Å². The van der Waals surface area contributed by atoms with Crippen molar-refractivity contribution in [3.8, 4) is 11.1 Å². The first-order chi connectivity index (χ1) is 11.5. The highest BCUT2D eigenvalue weighted by molar-refractivity contribution is 7.89. The zero-order valence-corrected chi connectivity index (χ0v) is 14.9. The number of hydrogen-bond donors (Lipinski definition) is 0. The Kier molecular flexibility index (Phi) is 4.99. The van der Waals surface area contributed by atoms with Crippen LogP contribution in [0.1, 0.15) is 12.8 Å². The Morgan fingerprint density at radius 2 is 1.75 bits per heavy atom. The van der Waals surface area contributed by atoms with Crippen molar-refractivity contribution in [1.82, 2.24) is 14.2 Å². The van der Waals surface area contributed by atoms with Crippen LogP contribution in [0.5, 0.6) is 0 Å². The quantitative estimate of drug-likeness (QED) is 0.854. The Labute approximate surface area is 144 Å². The van der Waals surface area contributed by atoms with Crippen LogP contribution in [0.4, 0.5) is 0 Å². The van der Waals surface area contributed by atoms with Crippen LogP contribution in [0.25, 0.3) is 11.1 Å². The van der Waals surface area contributed by atoms with Gasteiger partial charge >= 0.3 is 0 Å². The molecule has 0 unspecified atom stereocenters. The molecule has 0 N–H and O–H groups in total. The van der Waals surface area contributed by atoms with Crippen molar-refractivity contribution in [1.29, 1.82) is 0 Å². The molecule has 0 aliphatic carbocycles.